The number of aliphatic carboxylic acids is 1. The molecule has 2 heterocycles. The minimum atomic E-state index is -0.850. The summed E-state index contributed by atoms with van der Waals surface area (Å²) in [7, 11) is 0. The van der Waals surface area contributed by atoms with Gasteiger partial charge >= 0.3 is 12.0 Å². The number of carbonyl (C=O) groups is 2. The number of nitrogens with one attached hydrogen (secondary N) is 1. The molecule has 0 spiro atoms. The average Bonchev–Trinajstić information content (AvgIpc) is 3.03. The average molecular weight is 328 g/mol. The highest BCUT2D eigenvalue weighted by Gasteiger charge is 2.28. The van der Waals surface area contributed by atoms with Gasteiger partial charge in [-0.2, -0.15) is 5.10 Å². The number of anilines is 1. The Balaban J connectivity index is 1.75. The molecule has 1 aromatic heterocycles. The largest absolute Gasteiger partial charge is 0.481 e. The molecule has 24 heavy (non-hydrogen) atoms. The second kappa shape index (κ2) is 6.74. The number of hydrogen-bond acceptors (Lipinski definition) is 3. The van der Waals surface area contributed by atoms with E-state index in [0.29, 0.717) is 25.2 Å². The van der Waals surface area contributed by atoms with Gasteiger partial charge < -0.3 is 10.0 Å². The lowest BCUT2D eigenvalue weighted by Gasteiger charge is -2.30. The molecule has 0 radical (unpaired) electrons. The van der Waals surface area contributed by atoms with Crippen molar-refractivity contribution in [2.24, 2.45) is 5.92 Å². The van der Waals surface area contributed by atoms with Crippen LogP contribution in [0.3, 0.4) is 0 Å². The number of piperidine rings is 1. The minimum Gasteiger partial charge on any atom is -0.481 e. The molecule has 2 aromatic rings. The van der Waals surface area contributed by atoms with Crippen molar-refractivity contribution in [3.05, 3.63) is 42.1 Å². The summed E-state index contributed by atoms with van der Waals surface area (Å²) in [5.74, 6) is -0.782. The van der Waals surface area contributed by atoms with E-state index in [1.807, 2.05) is 31.2 Å². The monoisotopic (exact) mass is 328 g/mol. The van der Waals surface area contributed by atoms with Crippen LogP contribution in [-0.4, -0.2) is 44.9 Å². The summed E-state index contributed by atoms with van der Waals surface area (Å²) in [5.41, 5.74) is 1.93. The molecular weight excluding hydrogens is 308 g/mol. The Hall–Kier alpha value is -2.83. The summed E-state index contributed by atoms with van der Waals surface area (Å²) < 4.78 is 1.67. The van der Waals surface area contributed by atoms with Gasteiger partial charge in [-0.15, -0.1) is 0 Å². The van der Waals surface area contributed by atoms with Crippen LogP contribution in [0, 0.1) is 12.8 Å². The van der Waals surface area contributed by atoms with E-state index < -0.39 is 11.9 Å². The molecule has 1 fully saturated rings. The lowest BCUT2D eigenvalue weighted by molar-refractivity contribution is -0.143. The highest BCUT2D eigenvalue weighted by Crippen LogP contribution is 2.20. The van der Waals surface area contributed by atoms with Gasteiger partial charge in [0.2, 0.25) is 0 Å². The number of carbonyl (C=O) groups excluding carboxylic acids is 1. The number of aryl methyl sites for hydroxylation is 1. The van der Waals surface area contributed by atoms with Crippen LogP contribution in [-0.2, 0) is 4.79 Å². The molecule has 0 aliphatic carbocycles. The lowest BCUT2D eigenvalue weighted by Crippen LogP contribution is -2.44. The van der Waals surface area contributed by atoms with Gasteiger partial charge in [0.15, 0.2) is 0 Å². The van der Waals surface area contributed by atoms with Crippen molar-refractivity contribution < 1.29 is 14.7 Å². The first-order chi connectivity index (χ1) is 11.6. The molecule has 7 nitrogen and oxygen atoms in total. The SMILES string of the molecule is Cc1ccccc1-n1nccc1NC(=O)N1CCCC(C(=O)O)C1. The third-order valence-corrected chi connectivity index (χ3v) is 4.28. The topological polar surface area (TPSA) is 87.5 Å². The number of amides is 2. The fourth-order valence-corrected chi connectivity index (χ4v) is 2.94. The van der Waals surface area contributed by atoms with E-state index in [2.05, 4.69) is 10.4 Å². The number of carboxylic acids is 1. The third kappa shape index (κ3) is 3.24. The first-order valence-electron chi connectivity index (χ1n) is 7.95. The van der Waals surface area contributed by atoms with Gasteiger partial charge in [0.05, 0.1) is 17.8 Å². The summed E-state index contributed by atoms with van der Waals surface area (Å²) in [6.45, 7) is 2.78. The van der Waals surface area contributed by atoms with Gasteiger partial charge in [-0.25, -0.2) is 9.48 Å². The molecule has 1 aliphatic rings. The molecule has 3 rings (SSSR count). The van der Waals surface area contributed by atoms with Crippen LogP contribution < -0.4 is 5.32 Å². The Bertz CT molecular complexity index is 756. The molecule has 2 amide bonds. The molecule has 1 aromatic carbocycles. The molecule has 7 heteroatoms. The van der Waals surface area contributed by atoms with E-state index in [1.54, 1.807) is 21.8 Å². The Morgan fingerprint density at radius 3 is 2.83 bits per heavy atom. The summed E-state index contributed by atoms with van der Waals surface area (Å²) >= 11 is 0. The van der Waals surface area contributed by atoms with Crippen molar-refractivity contribution in [1.29, 1.82) is 0 Å². The molecule has 0 bridgehead atoms. The quantitative estimate of drug-likeness (QED) is 0.906. The van der Waals surface area contributed by atoms with Gasteiger partial charge in [0.25, 0.3) is 0 Å². The number of nitrogens with zero attached hydrogens (tertiary/aromatic N) is 3. The Labute approximate surface area is 139 Å². The van der Waals surface area contributed by atoms with Crippen LogP contribution in [0.25, 0.3) is 5.69 Å². The van der Waals surface area contributed by atoms with Crippen LogP contribution in [0.1, 0.15) is 18.4 Å². The minimum absolute atomic E-state index is 0.236. The number of hydrogen-bond donors (Lipinski definition) is 2. The summed E-state index contributed by atoms with van der Waals surface area (Å²) in [5, 5.41) is 16.3. The normalized spacial score (nSPS) is 17.5. The summed E-state index contributed by atoms with van der Waals surface area (Å²) in [6.07, 6.45) is 2.93. The zero-order valence-corrected chi connectivity index (χ0v) is 13.5. The fourth-order valence-electron chi connectivity index (χ4n) is 2.94. The van der Waals surface area contributed by atoms with Gasteiger partial charge in [-0.1, -0.05) is 18.2 Å². The van der Waals surface area contributed by atoms with Crippen molar-refractivity contribution in [2.75, 3.05) is 18.4 Å². The van der Waals surface area contributed by atoms with Gasteiger partial charge in [-0.05, 0) is 31.4 Å². The fraction of sp³-hybridized carbons (Fsp3) is 0.353. The Morgan fingerprint density at radius 2 is 2.08 bits per heavy atom. The molecular formula is C17H20N4O3. The van der Waals surface area contributed by atoms with E-state index in [0.717, 1.165) is 11.3 Å². The molecule has 1 saturated heterocycles. The van der Waals surface area contributed by atoms with E-state index >= 15 is 0 Å². The maximum atomic E-state index is 12.5. The van der Waals surface area contributed by atoms with E-state index in [-0.39, 0.29) is 12.6 Å². The highest BCUT2D eigenvalue weighted by molar-refractivity contribution is 5.89. The summed E-state index contributed by atoms with van der Waals surface area (Å²) in [4.78, 5) is 25.2. The van der Waals surface area contributed by atoms with Gasteiger partial charge in [0, 0.05) is 19.2 Å². The second-order valence-corrected chi connectivity index (χ2v) is 5.97. The van der Waals surface area contributed by atoms with Crippen LogP contribution in [0.4, 0.5) is 10.6 Å². The predicted octanol–water partition coefficient (Wildman–Crippen LogP) is 2.51. The molecule has 2 N–H and O–H groups in total. The number of rotatable bonds is 3. The zero-order valence-electron chi connectivity index (χ0n) is 13.5. The predicted molar refractivity (Wildman–Crippen MR) is 89.3 cm³/mol. The van der Waals surface area contributed by atoms with Crippen molar-refractivity contribution in [1.82, 2.24) is 14.7 Å². The molecule has 1 atom stereocenters. The van der Waals surface area contributed by atoms with Crippen molar-refractivity contribution in [2.45, 2.75) is 19.8 Å². The number of likely N-dealkylation sites (tertiary alicyclic amines) is 1. The van der Waals surface area contributed by atoms with Crippen LogP contribution in [0.15, 0.2) is 36.5 Å². The molecule has 0 saturated carbocycles. The molecule has 126 valence electrons. The highest BCUT2D eigenvalue weighted by atomic mass is 16.4. The number of benzene rings is 1. The Kier molecular flexibility index (Phi) is 4.50. The maximum Gasteiger partial charge on any atom is 0.323 e. The molecule has 1 unspecified atom stereocenters. The maximum absolute atomic E-state index is 12.5. The number of aromatic nitrogens is 2. The smallest absolute Gasteiger partial charge is 0.323 e. The lowest BCUT2D eigenvalue weighted by atomic mass is 9.99. The third-order valence-electron chi connectivity index (χ3n) is 4.28. The van der Waals surface area contributed by atoms with Gasteiger partial charge in [-0.3, -0.25) is 10.1 Å². The molecule has 1 aliphatic heterocycles. The Morgan fingerprint density at radius 1 is 1.29 bits per heavy atom. The van der Waals surface area contributed by atoms with E-state index in [9.17, 15) is 9.59 Å². The van der Waals surface area contributed by atoms with E-state index in [4.69, 9.17) is 5.11 Å². The summed E-state index contributed by atoms with van der Waals surface area (Å²) in [6, 6.07) is 9.20. The van der Waals surface area contributed by atoms with Crippen LogP contribution in [0.5, 0.6) is 0 Å². The zero-order chi connectivity index (χ0) is 17.1. The van der Waals surface area contributed by atoms with Crippen LogP contribution >= 0.6 is 0 Å². The van der Waals surface area contributed by atoms with Crippen molar-refractivity contribution >= 4 is 17.8 Å². The van der Waals surface area contributed by atoms with E-state index in [1.165, 1.54) is 0 Å². The number of urea groups is 1. The number of para-hydroxylation sites is 1. The standard InChI is InChI=1S/C17H20N4O3/c1-12-5-2-3-7-14(12)21-15(8-9-18-21)19-17(24)20-10-4-6-13(11-20)16(22)23/h2-3,5,7-9,13H,4,6,10-11H2,1H3,(H,19,24)(H,22,23). The van der Waals surface area contributed by atoms with Crippen molar-refractivity contribution in [3.63, 3.8) is 0 Å². The second-order valence-electron chi connectivity index (χ2n) is 5.97. The first-order valence-corrected chi connectivity index (χ1v) is 7.95. The first kappa shape index (κ1) is 16.0. The van der Waals surface area contributed by atoms with Crippen molar-refractivity contribution in [3.8, 4) is 5.69 Å². The number of carboxylic acid groups (broad SMARTS) is 1. The van der Waals surface area contributed by atoms with Crippen LogP contribution in [0.2, 0.25) is 0 Å². The van der Waals surface area contributed by atoms with Gasteiger partial charge in [0.1, 0.15) is 5.82 Å².